The molecule has 0 bridgehead atoms. The summed E-state index contributed by atoms with van der Waals surface area (Å²) in [5, 5.41) is 3.04. The van der Waals surface area contributed by atoms with Crippen molar-refractivity contribution in [3.05, 3.63) is 64.2 Å². The van der Waals surface area contributed by atoms with Crippen molar-refractivity contribution >= 4 is 11.6 Å². The largest absolute Gasteiger partial charge is 0.489 e. The molecule has 2 nitrogen and oxygen atoms in total. The molecule has 1 fully saturated rings. The Morgan fingerprint density at radius 1 is 1.04 bits per heavy atom. The molecule has 1 saturated heterocycles. The SMILES string of the molecule is FC(F)(F)c1cc(COc2ccc(C3CCNCC3)cc2)ccc1Cl. The first-order chi connectivity index (χ1) is 11.9. The van der Waals surface area contributed by atoms with E-state index in [4.69, 9.17) is 16.3 Å². The van der Waals surface area contributed by atoms with Crippen LogP contribution in [0.1, 0.15) is 35.4 Å². The highest BCUT2D eigenvalue weighted by Gasteiger charge is 2.33. The van der Waals surface area contributed by atoms with Gasteiger partial charge in [-0.15, -0.1) is 0 Å². The van der Waals surface area contributed by atoms with Crippen LogP contribution in [0.5, 0.6) is 5.75 Å². The molecule has 6 heteroatoms. The molecule has 0 radical (unpaired) electrons. The van der Waals surface area contributed by atoms with E-state index in [1.54, 1.807) is 6.07 Å². The molecule has 1 aliphatic heterocycles. The van der Waals surface area contributed by atoms with Crippen molar-refractivity contribution in [1.29, 1.82) is 0 Å². The summed E-state index contributed by atoms with van der Waals surface area (Å²) in [5.41, 5.74) is 0.871. The Kier molecular flexibility index (Phi) is 5.54. The lowest BCUT2D eigenvalue weighted by atomic mass is 9.90. The number of hydrogen-bond donors (Lipinski definition) is 1. The minimum Gasteiger partial charge on any atom is -0.489 e. The van der Waals surface area contributed by atoms with Gasteiger partial charge in [-0.05, 0) is 67.2 Å². The number of piperidine rings is 1. The summed E-state index contributed by atoms with van der Waals surface area (Å²) in [6, 6.07) is 11.6. The van der Waals surface area contributed by atoms with Crippen LogP contribution in [0.25, 0.3) is 0 Å². The lowest BCUT2D eigenvalue weighted by molar-refractivity contribution is -0.137. The lowest BCUT2D eigenvalue weighted by Gasteiger charge is -2.23. The van der Waals surface area contributed by atoms with Crippen molar-refractivity contribution in [2.45, 2.75) is 31.5 Å². The maximum atomic E-state index is 12.9. The van der Waals surface area contributed by atoms with Gasteiger partial charge < -0.3 is 10.1 Å². The number of benzene rings is 2. The number of halogens is 4. The van der Waals surface area contributed by atoms with Crippen molar-refractivity contribution in [1.82, 2.24) is 5.32 Å². The second-order valence-corrected chi connectivity index (χ2v) is 6.60. The quantitative estimate of drug-likeness (QED) is 0.778. The molecule has 1 N–H and O–H groups in total. The van der Waals surface area contributed by atoms with E-state index in [1.165, 1.54) is 11.6 Å². The number of nitrogens with one attached hydrogen (secondary N) is 1. The average Bonchev–Trinajstić information content (AvgIpc) is 2.61. The summed E-state index contributed by atoms with van der Waals surface area (Å²) in [6.45, 7) is 2.12. The Morgan fingerprint density at radius 2 is 1.72 bits per heavy atom. The predicted molar refractivity (Wildman–Crippen MR) is 92.1 cm³/mol. The molecule has 0 saturated carbocycles. The van der Waals surface area contributed by atoms with Gasteiger partial charge >= 0.3 is 6.18 Å². The van der Waals surface area contributed by atoms with E-state index in [1.807, 2.05) is 24.3 Å². The third-order valence-corrected chi connectivity index (χ3v) is 4.76. The van der Waals surface area contributed by atoms with Gasteiger partial charge in [-0.25, -0.2) is 0 Å². The number of rotatable bonds is 4. The van der Waals surface area contributed by atoms with Gasteiger partial charge in [0.15, 0.2) is 0 Å². The van der Waals surface area contributed by atoms with Gasteiger partial charge in [-0.1, -0.05) is 29.8 Å². The van der Waals surface area contributed by atoms with Crippen LogP contribution >= 0.6 is 11.6 Å². The van der Waals surface area contributed by atoms with Gasteiger partial charge in [0.1, 0.15) is 12.4 Å². The van der Waals surface area contributed by atoms with E-state index < -0.39 is 11.7 Å². The standard InChI is InChI=1S/C19H19ClF3NO/c20-18-6-1-13(11-17(18)19(21,22)23)12-25-16-4-2-14(3-5-16)15-7-9-24-10-8-15/h1-6,11,15,24H,7-10,12H2. The summed E-state index contributed by atoms with van der Waals surface area (Å²) in [4.78, 5) is 0. The van der Waals surface area contributed by atoms with Crippen LogP contribution in [0.15, 0.2) is 42.5 Å². The van der Waals surface area contributed by atoms with Crippen LogP contribution in [0.2, 0.25) is 5.02 Å². The second-order valence-electron chi connectivity index (χ2n) is 6.19. The Labute approximate surface area is 150 Å². The lowest BCUT2D eigenvalue weighted by Crippen LogP contribution is -2.26. The Bertz CT molecular complexity index is 710. The highest BCUT2D eigenvalue weighted by atomic mass is 35.5. The Hall–Kier alpha value is -1.72. The van der Waals surface area contributed by atoms with Gasteiger partial charge in [-0.3, -0.25) is 0 Å². The summed E-state index contributed by atoms with van der Waals surface area (Å²) in [6.07, 6.45) is -2.24. The molecule has 1 aliphatic rings. The summed E-state index contributed by atoms with van der Waals surface area (Å²) in [5.74, 6) is 1.20. The first kappa shape index (κ1) is 18.1. The molecule has 0 unspecified atom stereocenters. The van der Waals surface area contributed by atoms with E-state index in [2.05, 4.69) is 5.32 Å². The smallest absolute Gasteiger partial charge is 0.417 e. The van der Waals surface area contributed by atoms with Gasteiger partial charge in [0.2, 0.25) is 0 Å². The fraction of sp³-hybridized carbons (Fsp3) is 0.368. The monoisotopic (exact) mass is 369 g/mol. The minimum absolute atomic E-state index is 0.0624. The molecule has 25 heavy (non-hydrogen) atoms. The second kappa shape index (κ2) is 7.67. The normalized spacial score (nSPS) is 16.0. The van der Waals surface area contributed by atoms with Crippen molar-refractivity contribution in [2.75, 3.05) is 13.1 Å². The fourth-order valence-corrected chi connectivity index (χ4v) is 3.26. The number of alkyl halides is 3. The van der Waals surface area contributed by atoms with E-state index in [9.17, 15) is 13.2 Å². The van der Waals surface area contributed by atoms with Crippen LogP contribution < -0.4 is 10.1 Å². The first-order valence-corrected chi connectivity index (χ1v) is 8.60. The maximum Gasteiger partial charge on any atom is 0.417 e. The van der Waals surface area contributed by atoms with E-state index in [0.29, 0.717) is 17.2 Å². The molecule has 0 amide bonds. The summed E-state index contributed by atoms with van der Waals surface area (Å²) in [7, 11) is 0. The first-order valence-electron chi connectivity index (χ1n) is 8.22. The molecule has 3 rings (SSSR count). The van der Waals surface area contributed by atoms with Crippen molar-refractivity contribution in [2.24, 2.45) is 0 Å². The average molecular weight is 370 g/mol. The van der Waals surface area contributed by atoms with Gasteiger partial charge in [-0.2, -0.15) is 13.2 Å². The fourth-order valence-electron chi connectivity index (χ4n) is 3.04. The molecule has 134 valence electrons. The summed E-state index contributed by atoms with van der Waals surface area (Å²) >= 11 is 5.62. The molecule has 0 aromatic heterocycles. The Morgan fingerprint density at radius 3 is 2.36 bits per heavy atom. The van der Waals surface area contributed by atoms with E-state index >= 15 is 0 Å². The van der Waals surface area contributed by atoms with Gasteiger partial charge in [0, 0.05) is 0 Å². The Balaban J connectivity index is 1.63. The molecule has 2 aromatic rings. The third kappa shape index (κ3) is 4.67. The van der Waals surface area contributed by atoms with Gasteiger partial charge in [0.05, 0.1) is 10.6 Å². The summed E-state index contributed by atoms with van der Waals surface area (Å²) < 4.78 is 44.3. The molecular weight excluding hydrogens is 351 g/mol. The zero-order valence-corrected chi connectivity index (χ0v) is 14.3. The zero-order valence-electron chi connectivity index (χ0n) is 13.6. The molecule has 2 aromatic carbocycles. The highest BCUT2D eigenvalue weighted by Crippen LogP contribution is 2.35. The van der Waals surface area contributed by atoms with Crippen LogP contribution in [0.4, 0.5) is 13.2 Å². The molecule has 1 heterocycles. The topological polar surface area (TPSA) is 21.3 Å². The zero-order chi connectivity index (χ0) is 17.9. The van der Waals surface area contributed by atoms with Crippen molar-refractivity contribution < 1.29 is 17.9 Å². The third-order valence-electron chi connectivity index (χ3n) is 4.43. The van der Waals surface area contributed by atoms with E-state index in [0.717, 1.165) is 32.0 Å². The number of hydrogen-bond acceptors (Lipinski definition) is 2. The van der Waals surface area contributed by atoms with Crippen molar-refractivity contribution in [3.63, 3.8) is 0 Å². The minimum atomic E-state index is -4.47. The van der Waals surface area contributed by atoms with Crippen LogP contribution in [0, 0.1) is 0 Å². The van der Waals surface area contributed by atoms with Crippen LogP contribution in [-0.2, 0) is 12.8 Å². The number of ether oxygens (including phenoxy) is 1. The molecule has 0 atom stereocenters. The molecule has 0 aliphatic carbocycles. The highest BCUT2D eigenvalue weighted by molar-refractivity contribution is 6.31. The van der Waals surface area contributed by atoms with E-state index in [-0.39, 0.29) is 11.6 Å². The van der Waals surface area contributed by atoms with Crippen molar-refractivity contribution in [3.8, 4) is 5.75 Å². The predicted octanol–water partition coefficient (Wildman–Crippen LogP) is 5.40. The maximum absolute atomic E-state index is 12.9. The van der Waals surface area contributed by atoms with Crippen LogP contribution in [0.3, 0.4) is 0 Å². The van der Waals surface area contributed by atoms with Gasteiger partial charge in [0.25, 0.3) is 0 Å². The molecular formula is C19H19ClF3NO. The van der Waals surface area contributed by atoms with Crippen LogP contribution in [-0.4, -0.2) is 13.1 Å². The molecule has 0 spiro atoms.